The van der Waals surface area contributed by atoms with Crippen molar-refractivity contribution in [3.8, 4) is 0 Å². The van der Waals surface area contributed by atoms with E-state index in [1.807, 2.05) is 0 Å². The summed E-state index contributed by atoms with van der Waals surface area (Å²) in [5, 5.41) is 0. The molecule has 0 aliphatic rings. The normalized spacial score (nSPS) is 6.70. The van der Waals surface area contributed by atoms with Gasteiger partial charge in [0.1, 0.15) is 0 Å². The maximum absolute atomic E-state index is 5.01. The minimum atomic E-state index is 0. The van der Waals surface area contributed by atoms with Crippen LogP contribution in [0.2, 0.25) is 0 Å². The van der Waals surface area contributed by atoms with E-state index in [1.54, 1.807) is 6.08 Å². The maximum atomic E-state index is 5.01. The van der Waals surface area contributed by atoms with Crippen molar-refractivity contribution >= 4 is 0 Å². The van der Waals surface area contributed by atoms with E-state index < -0.39 is 0 Å². The first-order valence-corrected chi connectivity index (χ1v) is 3.66. The maximum Gasteiger partial charge on any atom is 2.00 e. The molecule has 0 aliphatic carbocycles. The SMILES string of the molecule is [CH-]=CCCC.[CH2-]CCC.[Ru+2]. The van der Waals surface area contributed by atoms with Crippen LogP contribution in [-0.2, 0) is 19.5 Å². The molecule has 0 spiro atoms. The first-order valence-electron chi connectivity index (χ1n) is 3.66. The Hall–Kier alpha value is 0.363. The van der Waals surface area contributed by atoms with Crippen molar-refractivity contribution in [3.63, 3.8) is 0 Å². The van der Waals surface area contributed by atoms with Crippen LogP contribution >= 0.6 is 0 Å². The number of hydrogen-bond donors (Lipinski definition) is 0. The van der Waals surface area contributed by atoms with Gasteiger partial charge >= 0.3 is 19.5 Å². The summed E-state index contributed by atoms with van der Waals surface area (Å²) in [4.78, 5) is 0. The predicted molar refractivity (Wildman–Crippen MR) is 44.0 cm³/mol. The van der Waals surface area contributed by atoms with Gasteiger partial charge in [0.2, 0.25) is 0 Å². The van der Waals surface area contributed by atoms with Gasteiger partial charge in [-0.15, -0.1) is 0 Å². The van der Waals surface area contributed by atoms with Gasteiger partial charge in [-0.25, -0.2) is 0 Å². The van der Waals surface area contributed by atoms with Crippen molar-refractivity contribution in [2.45, 2.75) is 39.5 Å². The summed E-state index contributed by atoms with van der Waals surface area (Å²) in [6.45, 7) is 12.8. The van der Waals surface area contributed by atoms with Crippen LogP contribution in [0, 0.1) is 13.5 Å². The van der Waals surface area contributed by atoms with Gasteiger partial charge in [0, 0.05) is 0 Å². The van der Waals surface area contributed by atoms with E-state index in [0.717, 1.165) is 19.3 Å². The average molecular weight is 227 g/mol. The summed E-state index contributed by atoms with van der Waals surface area (Å²) < 4.78 is 0. The van der Waals surface area contributed by atoms with E-state index in [1.165, 1.54) is 6.42 Å². The van der Waals surface area contributed by atoms with E-state index in [2.05, 4.69) is 20.8 Å². The molecule has 0 bridgehead atoms. The van der Waals surface area contributed by atoms with Gasteiger partial charge in [0.05, 0.1) is 0 Å². The van der Waals surface area contributed by atoms with Crippen LogP contribution in [0.4, 0.5) is 0 Å². The molecule has 0 aromatic heterocycles. The van der Waals surface area contributed by atoms with Crippen LogP contribution in [0.5, 0.6) is 0 Å². The number of hydrogen-bond acceptors (Lipinski definition) is 0. The summed E-state index contributed by atoms with van der Waals surface area (Å²) in [5.74, 6) is 0. The molecule has 0 saturated carbocycles. The molecule has 0 unspecified atom stereocenters. The Labute approximate surface area is 78.9 Å². The average Bonchev–Trinajstić information content (AvgIpc) is 1.91. The third kappa shape index (κ3) is 40.1. The van der Waals surface area contributed by atoms with Crippen LogP contribution in [0.25, 0.3) is 0 Å². The largest absolute Gasteiger partial charge is 2.00 e. The van der Waals surface area contributed by atoms with Crippen molar-refractivity contribution in [1.82, 2.24) is 0 Å². The zero-order valence-electron chi connectivity index (χ0n) is 7.04. The molecule has 0 fully saturated rings. The first-order chi connectivity index (χ1) is 4.33. The van der Waals surface area contributed by atoms with Crippen LogP contribution in [0.3, 0.4) is 0 Å². The minimum absolute atomic E-state index is 0. The number of rotatable bonds is 3. The first kappa shape index (κ1) is 16.8. The Morgan fingerprint density at radius 2 is 1.70 bits per heavy atom. The van der Waals surface area contributed by atoms with Gasteiger partial charge in [-0.3, -0.25) is 6.08 Å². The van der Waals surface area contributed by atoms with Gasteiger partial charge in [0.15, 0.2) is 0 Å². The molecule has 0 radical (unpaired) electrons. The molecule has 0 aromatic carbocycles. The summed E-state index contributed by atoms with van der Waals surface area (Å²) in [6.07, 6.45) is 6.16. The standard InChI is InChI=1S/C5H9.C4H9.Ru/c1-3-5-4-2;1-3-4-2;/h1,3H,4-5H2,2H3;1,3-4H2,2H3;/q2*-1;+2. The molecule has 10 heavy (non-hydrogen) atoms. The Morgan fingerprint density at radius 3 is 1.70 bits per heavy atom. The molecule has 0 rings (SSSR count). The molecule has 0 saturated heterocycles. The Kier molecular flexibility index (Phi) is 38.2. The minimum Gasteiger partial charge on any atom is -0.518 e. The fourth-order valence-electron chi connectivity index (χ4n) is 0.167. The van der Waals surface area contributed by atoms with Crippen LogP contribution in [-0.4, -0.2) is 0 Å². The van der Waals surface area contributed by atoms with Crippen molar-refractivity contribution < 1.29 is 19.5 Å². The second-order valence-electron chi connectivity index (χ2n) is 1.88. The third-order valence-corrected chi connectivity index (χ3v) is 0.809. The second kappa shape index (κ2) is 22.8. The fraction of sp³-hybridized carbons (Fsp3) is 0.667. The van der Waals surface area contributed by atoms with E-state index >= 15 is 0 Å². The summed E-state index contributed by atoms with van der Waals surface area (Å²) in [5.41, 5.74) is 0. The summed E-state index contributed by atoms with van der Waals surface area (Å²) in [6, 6.07) is 0. The van der Waals surface area contributed by atoms with Gasteiger partial charge < -0.3 is 13.5 Å². The smallest absolute Gasteiger partial charge is 0.518 e. The quantitative estimate of drug-likeness (QED) is 0.512. The Balaban J connectivity index is -0.0000000910. The third-order valence-electron chi connectivity index (χ3n) is 0.809. The van der Waals surface area contributed by atoms with E-state index in [-0.39, 0.29) is 19.5 Å². The van der Waals surface area contributed by atoms with Gasteiger partial charge in [-0.1, -0.05) is 33.1 Å². The van der Waals surface area contributed by atoms with E-state index in [0.29, 0.717) is 0 Å². The Bertz CT molecular complexity index is 40.0. The summed E-state index contributed by atoms with van der Waals surface area (Å²) >= 11 is 0. The predicted octanol–water partition coefficient (Wildman–Crippen LogP) is 3.39. The van der Waals surface area contributed by atoms with Crippen molar-refractivity contribution in [1.29, 1.82) is 0 Å². The molecule has 0 nitrogen and oxygen atoms in total. The molecule has 0 amide bonds. The number of allylic oxidation sites excluding steroid dienone is 1. The topological polar surface area (TPSA) is 0 Å². The molecule has 1 heteroatoms. The zero-order valence-corrected chi connectivity index (χ0v) is 8.78. The van der Waals surface area contributed by atoms with Crippen molar-refractivity contribution in [3.05, 3.63) is 19.6 Å². The second-order valence-corrected chi connectivity index (χ2v) is 1.88. The van der Waals surface area contributed by atoms with Gasteiger partial charge in [-0.2, -0.15) is 6.42 Å². The molecular weight excluding hydrogens is 209 g/mol. The molecule has 0 N–H and O–H groups in total. The summed E-state index contributed by atoms with van der Waals surface area (Å²) in [7, 11) is 0. The van der Waals surface area contributed by atoms with Crippen LogP contribution in [0.1, 0.15) is 39.5 Å². The van der Waals surface area contributed by atoms with E-state index in [4.69, 9.17) is 6.58 Å². The molecule has 62 valence electrons. The fourth-order valence-corrected chi connectivity index (χ4v) is 0.167. The molecular formula is C9H18Ru. The molecule has 0 atom stereocenters. The van der Waals surface area contributed by atoms with E-state index in [9.17, 15) is 0 Å². The van der Waals surface area contributed by atoms with Crippen molar-refractivity contribution in [2.24, 2.45) is 0 Å². The molecule has 0 heterocycles. The number of unbranched alkanes of at least 4 members (excludes halogenated alkanes) is 2. The van der Waals surface area contributed by atoms with Crippen LogP contribution < -0.4 is 0 Å². The molecule has 0 aliphatic heterocycles. The Morgan fingerprint density at radius 1 is 1.30 bits per heavy atom. The van der Waals surface area contributed by atoms with Crippen molar-refractivity contribution in [2.75, 3.05) is 0 Å². The van der Waals surface area contributed by atoms with Gasteiger partial charge in [-0.05, 0) is 0 Å². The monoisotopic (exact) mass is 228 g/mol. The molecule has 0 aromatic rings. The van der Waals surface area contributed by atoms with Crippen LogP contribution in [0.15, 0.2) is 6.08 Å². The van der Waals surface area contributed by atoms with Gasteiger partial charge in [0.25, 0.3) is 0 Å². The zero-order chi connectivity index (χ0) is 7.54.